The maximum Gasteiger partial charge on any atom is 0.151 e. The molecule has 0 amide bonds. The van der Waals surface area contributed by atoms with Crippen LogP contribution in [0.1, 0.15) is 46.0 Å². The molecule has 0 aromatic heterocycles. The van der Waals surface area contributed by atoms with E-state index in [2.05, 4.69) is 24.1 Å². The fraction of sp³-hybridized carbons (Fsp3) is 1.00. The highest BCUT2D eigenvalue weighted by Gasteiger charge is 2.30. The topological polar surface area (TPSA) is 49.4 Å². The van der Waals surface area contributed by atoms with Crippen molar-refractivity contribution in [3.05, 3.63) is 0 Å². The lowest BCUT2D eigenvalue weighted by Crippen LogP contribution is -2.39. The Hall–Kier alpha value is -0.130. The number of likely N-dealkylation sites (N-methyl/N-ethyl adjacent to an activating group) is 1. The predicted octanol–water partition coefficient (Wildman–Crippen LogP) is 1.66. The lowest BCUT2D eigenvalue weighted by Gasteiger charge is -2.24. The van der Waals surface area contributed by atoms with Gasteiger partial charge in [0.25, 0.3) is 0 Å². The molecule has 0 spiro atoms. The standard InChI is InChI=1S/C14H30N2O2S/c1-4-5-6-7-13(2)15-9-10-16(3)14-8-11-19(17,18)12-14/h13-15H,4-12H2,1-3H3. The van der Waals surface area contributed by atoms with E-state index in [4.69, 9.17) is 0 Å². The molecule has 1 saturated heterocycles. The van der Waals surface area contributed by atoms with Crippen LogP contribution in [0.3, 0.4) is 0 Å². The molecular weight excluding hydrogens is 260 g/mol. The van der Waals surface area contributed by atoms with E-state index >= 15 is 0 Å². The van der Waals surface area contributed by atoms with Crippen LogP contribution in [0.25, 0.3) is 0 Å². The van der Waals surface area contributed by atoms with Crippen molar-refractivity contribution >= 4 is 9.84 Å². The van der Waals surface area contributed by atoms with Gasteiger partial charge in [-0.05, 0) is 26.8 Å². The number of nitrogens with one attached hydrogen (secondary N) is 1. The number of rotatable bonds is 9. The minimum Gasteiger partial charge on any atom is -0.313 e. The second-order valence-corrected chi connectivity index (χ2v) is 8.12. The van der Waals surface area contributed by atoms with Gasteiger partial charge < -0.3 is 10.2 Å². The van der Waals surface area contributed by atoms with E-state index in [9.17, 15) is 8.42 Å². The van der Waals surface area contributed by atoms with Crippen LogP contribution < -0.4 is 5.32 Å². The minimum absolute atomic E-state index is 0.224. The first-order valence-electron chi connectivity index (χ1n) is 7.58. The number of nitrogens with zero attached hydrogens (tertiary/aromatic N) is 1. The average Bonchev–Trinajstić information content (AvgIpc) is 2.70. The molecule has 1 N–H and O–H groups in total. The van der Waals surface area contributed by atoms with Crippen molar-refractivity contribution in [2.24, 2.45) is 0 Å². The molecule has 1 rings (SSSR count). The molecule has 1 fully saturated rings. The van der Waals surface area contributed by atoms with Gasteiger partial charge in [0.15, 0.2) is 9.84 Å². The van der Waals surface area contributed by atoms with Gasteiger partial charge in [0.05, 0.1) is 11.5 Å². The van der Waals surface area contributed by atoms with E-state index in [0.717, 1.165) is 19.5 Å². The minimum atomic E-state index is -2.76. The third-order valence-electron chi connectivity index (χ3n) is 4.03. The molecule has 1 aliphatic rings. The lowest BCUT2D eigenvalue weighted by molar-refractivity contribution is 0.257. The molecule has 0 aliphatic carbocycles. The molecule has 0 aromatic carbocycles. The monoisotopic (exact) mass is 290 g/mol. The summed E-state index contributed by atoms with van der Waals surface area (Å²) in [6.07, 6.45) is 5.90. The maximum atomic E-state index is 11.4. The normalized spacial score (nSPS) is 23.9. The summed E-state index contributed by atoms with van der Waals surface area (Å²) in [4.78, 5) is 2.19. The Morgan fingerprint density at radius 2 is 2.11 bits per heavy atom. The first kappa shape index (κ1) is 16.9. The molecule has 0 radical (unpaired) electrons. The van der Waals surface area contributed by atoms with Crippen LogP contribution in [0, 0.1) is 0 Å². The molecule has 2 unspecified atom stereocenters. The Morgan fingerprint density at radius 1 is 1.37 bits per heavy atom. The molecule has 114 valence electrons. The third kappa shape index (κ3) is 6.72. The summed E-state index contributed by atoms with van der Waals surface area (Å²) >= 11 is 0. The summed E-state index contributed by atoms with van der Waals surface area (Å²) in [5.41, 5.74) is 0. The van der Waals surface area contributed by atoms with Gasteiger partial charge in [0.1, 0.15) is 0 Å². The lowest BCUT2D eigenvalue weighted by atomic mass is 10.1. The highest BCUT2D eigenvalue weighted by Crippen LogP contribution is 2.15. The van der Waals surface area contributed by atoms with E-state index in [-0.39, 0.29) is 6.04 Å². The Kier molecular flexibility index (Phi) is 7.32. The van der Waals surface area contributed by atoms with Gasteiger partial charge in [-0.1, -0.05) is 26.2 Å². The van der Waals surface area contributed by atoms with Crippen molar-refractivity contribution in [2.45, 2.75) is 58.0 Å². The van der Waals surface area contributed by atoms with Crippen LogP contribution >= 0.6 is 0 Å². The average molecular weight is 290 g/mol. The van der Waals surface area contributed by atoms with Crippen LogP contribution in [0.4, 0.5) is 0 Å². The van der Waals surface area contributed by atoms with Gasteiger partial charge in [0, 0.05) is 25.2 Å². The molecule has 2 atom stereocenters. The summed E-state index contributed by atoms with van der Waals surface area (Å²) in [6, 6.07) is 0.787. The summed E-state index contributed by atoms with van der Waals surface area (Å²) in [5, 5.41) is 3.53. The van der Waals surface area contributed by atoms with E-state index in [1.807, 2.05) is 7.05 Å². The molecule has 5 heteroatoms. The fourth-order valence-corrected chi connectivity index (χ4v) is 4.40. The zero-order valence-electron chi connectivity index (χ0n) is 12.7. The van der Waals surface area contributed by atoms with Crippen molar-refractivity contribution in [2.75, 3.05) is 31.6 Å². The van der Waals surface area contributed by atoms with Crippen LogP contribution in [-0.2, 0) is 9.84 Å². The van der Waals surface area contributed by atoms with E-state index < -0.39 is 9.84 Å². The van der Waals surface area contributed by atoms with Crippen molar-refractivity contribution in [3.8, 4) is 0 Å². The van der Waals surface area contributed by atoms with Crippen LogP contribution in [0.2, 0.25) is 0 Å². The molecule has 0 saturated carbocycles. The van der Waals surface area contributed by atoms with Gasteiger partial charge in [0.2, 0.25) is 0 Å². The Bertz CT molecular complexity index is 343. The molecule has 0 aromatic rings. The molecule has 4 nitrogen and oxygen atoms in total. The molecule has 1 heterocycles. The molecule has 1 aliphatic heterocycles. The van der Waals surface area contributed by atoms with Crippen molar-refractivity contribution in [3.63, 3.8) is 0 Å². The Morgan fingerprint density at radius 3 is 2.68 bits per heavy atom. The number of hydrogen-bond donors (Lipinski definition) is 1. The van der Waals surface area contributed by atoms with Gasteiger partial charge in [-0.15, -0.1) is 0 Å². The van der Waals surface area contributed by atoms with Crippen LogP contribution in [0.15, 0.2) is 0 Å². The SMILES string of the molecule is CCCCCC(C)NCCN(C)C1CCS(=O)(=O)C1. The Labute approximate surface area is 118 Å². The third-order valence-corrected chi connectivity index (χ3v) is 5.78. The number of sulfone groups is 1. The smallest absolute Gasteiger partial charge is 0.151 e. The molecular formula is C14H30N2O2S. The first-order chi connectivity index (χ1) is 8.94. The Balaban J connectivity index is 2.12. The van der Waals surface area contributed by atoms with Crippen molar-refractivity contribution in [1.29, 1.82) is 0 Å². The van der Waals surface area contributed by atoms with Crippen LogP contribution in [-0.4, -0.2) is 57.0 Å². The summed E-state index contributed by atoms with van der Waals surface area (Å²) in [5.74, 6) is 0.707. The number of hydrogen-bond acceptors (Lipinski definition) is 4. The highest BCUT2D eigenvalue weighted by atomic mass is 32.2. The summed E-state index contributed by atoms with van der Waals surface area (Å²) in [7, 11) is -0.722. The maximum absolute atomic E-state index is 11.4. The van der Waals surface area contributed by atoms with E-state index in [1.54, 1.807) is 0 Å². The van der Waals surface area contributed by atoms with Gasteiger partial charge in [-0.3, -0.25) is 0 Å². The molecule has 19 heavy (non-hydrogen) atoms. The quantitative estimate of drug-likeness (QED) is 0.656. The fourth-order valence-electron chi connectivity index (χ4n) is 2.60. The highest BCUT2D eigenvalue weighted by molar-refractivity contribution is 7.91. The number of unbranched alkanes of at least 4 members (excludes halogenated alkanes) is 2. The first-order valence-corrected chi connectivity index (χ1v) is 9.41. The van der Waals surface area contributed by atoms with Crippen LogP contribution in [0.5, 0.6) is 0 Å². The molecule has 0 bridgehead atoms. The zero-order chi connectivity index (χ0) is 14.3. The van der Waals surface area contributed by atoms with Crippen molar-refractivity contribution < 1.29 is 8.42 Å². The second kappa shape index (κ2) is 8.22. The zero-order valence-corrected chi connectivity index (χ0v) is 13.5. The predicted molar refractivity (Wildman–Crippen MR) is 81.3 cm³/mol. The summed E-state index contributed by atoms with van der Waals surface area (Å²) in [6.45, 7) is 6.33. The van der Waals surface area contributed by atoms with E-state index in [1.165, 1.54) is 25.7 Å². The second-order valence-electron chi connectivity index (χ2n) is 5.89. The van der Waals surface area contributed by atoms with Gasteiger partial charge >= 0.3 is 0 Å². The largest absolute Gasteiger partial charge is 0.313 e. The summed E-state index contributed by atoms with van der Waals surface area (Å²) < 4.78 is 22.9. The van der Waals surface area contributed by atoms with Crippen molar-refractivity contribution in [1.82, 2.24) is 10.2 Å². The van der Waals surface area contributed by atoms with E-state index in [0.29, 0.717) is 17.5 Å². The van der Waals surface area contributed by atoms with Gasteiger partial charge in [-0.2, -0.15) is 0 Å². The van der Waals surface area contributed by atoms with Gasteiger partial charge in [-0.25, -0.2) is 8.42 Å².